The molecule has 7 rings (SSSR count). The van der Waals surface area contributed by atoms with E-state index in [0.717, 1.165) is 4.90 Å². The monoisotopic (exact) mass is 949 g/mol. The number of amides is 4. The molecule has 2 saturated carbocycles. The van der Waals surface area contributed by atoms with Crippen LogP contribution in [0.1, 0.15) is 77.3 Å². The Hall–Kier alpha value is -4.93. The number of carboxylic acid groups (broad SMARTS) is 1. The topological polar surface area (TPSA) is 194 Å². The third-order valence-corrected chi connectivity index (χ3v) is 15.4. The molecule has 0 bridgehead atoms. The van der Waals surface area contributed by atoms with E-state index in [-0.39, 0.29) is 72.7 Å². The summed E-state index contributed by atoms with van der Waals surface area (Å²) in [7, 11) is -3.44. The van der Waals surface area contributed by atoms with E-state index < -0.39 is 123 Å². The van der Waals surface area contributed by atoms with Gasteiger partial charge in [-0.05, 0) is 92.9 Å². The number of allylic oxidation sites excluding steroid dienone is 1. The number of nitrogens with zero attached hydrogens (tertiary/aromatic N) is 3. The largest absolute Gasteiger partial charge is 0.497 e. The van der Waals surface area contributed by atoms with Crippen molar-refractivity contribution >= 4 is 44.6 Å². The van der Waals surface area contributed by atoms with Gasteiger partial charge in [0.1, 0.15) is 46.6 Å². The molecule has 4 fully saturated rings. The van der Waals surface area contributed by atoms with Crippen molar-refractivity contribution in [1.82, 2.24) is 24.8 Å². The van der Waals surface area contributed by atoms with Gasteiger partial charge in [-0.1, -0.05) is 26.0 Å². The number of nitrogens with one attached hydrogen (secondary N) is 2. The molecule has 3 aliphatic heterocycles. The van der Waals surface area contributed by atoms with Crippen LogP contribution in [0.5, 0.6) is 11.6 Å². The van der Waals surface area contributed by atoms with Gasteiger partial charge in [0.2, 0.25) is 27.7 Å². The number of pyridine rings is 1. The number of halogens is 7. The summed E-state index contributed by atoms with van der Waals surface area (Å²) in [6.45, 7) is 2.03. The van der Waals surface area contributed by atoms with Gasteiger partial charge in [0.25, 0.3) is 5.91 Å². The minimum atomic E-state index is -5.51. The molecule has 3 N–H and O–H groups in total. The standard InChI is InChI=1S/C42H50F7N5O10S/c1-22-7-4-5-8-25-19-40(25,37(57)52-65(60,61)39(21-43)12-13-39)51-34(55)29-18-30(64-35-28-11-10-27(62-3)16-24(28)17-31(50-35)41(44,45)46)33(42(47,48)49)54(29)36(56)32(23(2)15-22)53(38(58)59)26-9-6-14-63-20-26/h5,8,10-11,16-17,22-23,25-26,29-30,32-33H,4,6-7,9,12-15,18-21H2,1-3H3,(H,51,55)(H,52,57)(H,58,59)/b8-5-/t22-,23+,25+,26?,29-,30+,32-,33?,40+/m0/s1. The average molecular weight is 950 g/mol. The molecule has 2 aromatic rings. The van der Waals surface area contributed by atoms with Crippen molar-refractivity contribution in [3.8, 4) is 11.6 Å². The van der Waals surface area contributed by atoms with Crippen molar-refractivity contribution in [2.75, 3.05) is 27.0 Å². The van der Waals surface area contributed by atoms with Crippen LogP contribution in [0.2, 0.25) is 0 Å². The summed E-state index contributed by atoms with van der Waals surface area (Å²) in [6, 6.07) is -3.97. The van der Waals surface area contributed by atoms with Gasteiger partial charge in [-0.15, -0.1) is 0 Å². The zero-order chi connectivity index (χ0) is 47.4. The average Bonchev–Trinajstić information content (AvgIpc) is 4.14. The zero-order valence-electron chi connectivity index (χ0n) is 35.6. The summed E-state index contributed by atoms with van der Waals surface area (Å²) in [5.74, 6) is -7.22. The summed E-state index contributed by atoms with van der Waals surface area (Å²) in [5.41, 5.74) is -3.68. The first-order valence-corrected chi connectivity index (χ1v) is 22.8. The van der Waals surface area contributed by atoms with Crippen molar-refractivity contribution in [2.24, 2.45) is 17.8 Å². The lowest BCUT2D eigenvalue weighted by atomic mass is 9.86. The molecule has 5 aliphatic rings. The lowest BCUT2D eigenvalue weighted by Crippen LogP contribution is -2.64. The Morgan fingerprint density at radius 1 is 1.09 bits per heavy atom. The molecule has 1 aromatic carbocycles. The molecule has 4 heterocycles. The molecule has 2 unspecified atom stereocenters. The number of alkyl halides is 7. The zero-order valence-corrected chi connectivity index (χ0v) is 36.4. The Labute approximate surface area is 369 Å². The van der Waals surface area contributed by atoms with Crippen molar-refractivity contribution in [1.29, 1.82) is 0 Å². The quantitative estimate of drug-likeness (QED) is 0.200. The number of carbonyl (C=O) groups excluding carboxylic acids is 3. The number of methoxy groups -OCH3 is 1. The van der Waals surface area contributed by atoms with Gasteiger partial charge in [0, 0.05) is 24.3 Å². The van der Waals surface area contributed by atoms with Crippen molar-refractivity contribution < 1.29 is 77.6 Å². The van der Waals surface area contributed by atoms with Crippen LogP contribution in [0, 0.1) is 17.8 Å². The van der Waals surface area contributed by atoms with Crippen LogP contribution in [-0.4, -0.2) is 126 Å². The van der Waals surface area contributed by atoms with Gasteiger partial charge in [0.05, 0.1) is 19.8 Å². The maximum absolute atomic E-state index is 15.9. The molecular weight excluding hydrogens is 900 g/mol. The fourth-order valence-corrected chi connectivity index (χ4v) is 11.0. The minimum Gasteiger partial charge on any atom is -0.497 e. The van der Waals surface area contributed by atoms with Gasteiger partial charge in [-0.2, -0.15) is 26.3 Å². The number of ether oxygens (including phenoxy) is 3. The van der Waals surface area contributed by atoms with Crippen LogP contribution in [0.4, 0.5) is 35.5 Å². The highest BCUT2D eigenvalue weighted by molar-refractivity contribution is 7.91. The van der Waals surface area contributed by atoms with E-state index in [1.165, 1.54) is 32.2 Å². The lowest BCUT2D eigenvalue weighted by molar-refractivity contribution is -0.200. The van der Waals surface area contributed by atoms with Crippen LogP contribution in [0.15, 0.2) is 36.4 Å². The van der Waals surface area contributed by atoms with Crippen LogP contribution in [0.25, 0.3) is 10.8 Å². The predicted molar refractivity (Wildman–Crippen MR) is 216 cm³/mol. The van der Waals surface area contributed by atoms with Crippen molar-refractivity contribution in [3.05, 3.63) is 42.1 Å². The molecular formula is C42H50F7N5O10S. The van der Waals surface area contributed by atoms with Gasteiger partial charge >= 0.3 is 18.4 Å². The SMILES string of the molecule is COc1ccc2c(O[C@@H]3C[C@H]4C(=O)N[C@]5(C(=O)NS(=O)(=O)C6(CF)CC6)C[C@H]5/C=C\CC[C@H](C)C[C@@H](C)[C@H](N(C(=O)O)C5CCCOC5)C(=O)N4C3C(F)(F)F)nc(C(F)(F)F)cc2c1. The van der Waals surface area contributed by atoms with Gasteiger partial charge in [0.15, 0.2) is 6.04 Å². The number of benzene rings is 1. The van der Waals surface area contributed by atoms with Crippen LogP contribution in [-0.2, 0) is 35.3 Å². The van der Waals surface area contributed by atoms with Crippen molar-refractivity contribution in [2.45, 2.75) is 125 Å². The van der Waals surface area contributed by atoms with E-state index >= 15 is 18.0 Å². The van der Waals surface area contributed by atoms with E-state index in [1.807, 2.05) is 4.72 Å². The summed E-state index contributed by atoms with van der Waals surface area (Å²) < 4.78 is 147. The van der Waals surface area contributed by atoms with Gasteiger partial charge in [-0.3, -0.25) is 24.0 Å². The Kier molecular flexibility index (Phi) is 13.1. The van der Waals surface area contributed by atoms with E-state index in [4.69, 9.17) is 14.2 Å². The van der Waals surface area contributed by atoms with E-state index in [0.29, 0.717) is 25.3 Å². The van der Waals surface area contributed by atoms with Gasteiger partial charge in [-0.25, -0.2) is 22.6 Å². The molecule has 65 heavy (non-hydrogen) atoms. The minimum absolute atomic E-state index is 0.0850. The summed E-state index contributed by atoms with van der Waals surface area (Å²) in [6.07, 6.45) is -11.6. The second-order valence-corrected chi connectivity index (χ2v) is 20.0. The van der Waals surface area contributed by atoms with Crippen LogP contribution in [0.3, 0.4) is 0 Å². The maximum Gasteiger partial charge on any atom is 0.433 e. The van der Waals surface area contributed by atoms with Gasteiger partial charge < -0.3 is 29.5 Å². The Morgan fingerprint density at radius 3 is 2.42 bits per heavy atom. The first kappa shape index (κ1) is 48.0. The molecule has 0 spiro atoms. The first-order valence-electron chi connectivity index (χ1n) is 21.3. The molecule has 15 nitrogen and oxygen atoms in total. The fraction of sp³-hybridized carbons (Fsp3) is 0.643. The molecule has 1 aromatic heterocycles. The van der Waals surface area contributed by atoms with E-state index in [1.54, 1.807) is 19.1 Å². The number of fused-ring (bicyclic) bond motifs is 3. The molecule has 0 radical (unpaired) electrons. The Morgan fingerprint density at radius 2 is 1.82 bits per heavy atom. The Balaban J connectivity index is 1.37. The molecule has 23 heteroatoms. The van der Waals surface area contributed by atoms with Crippen molar-refractivity contribution in [3.63, 3.8) is 0 Å². The third-order valence-electron chi connectivity index (χ3n) is 13.3. The number of carbonyl (C=O) groups is 4. The van der Waals surface area contributed by atoms with Crippen LogP contribution < -0.4 is 19.5 Å². The van der Waals surface area contributed by atoms with E-state index in [2.05, 4.69) is 10.3 Å². The maximum atomic E-state index is 15.9. The second kappa shape index (κ2) is 17.7. The predicted octanol–water partition coefficient (Wildman–Crippen LogP) is 5.90. The fourth-order valence-electron chi connectivity index (χ4n) is 9.53. The van der Waals surface area contributed by atoms with Crippen LogP contribution >= 0.6 is 0 Å². The summed E-state index contributed by atoms with van der Waals surface area (Å²) in [4.78, 5) is 61.8. The smallest absolute Gasteiger partial charge is 0.433 e. The lowest BCUT2D eigenvalue weighted by Gasteiger charge is -2.43. The molecule has 4 amide bonds. The Bertz CT molecular complexity index is 2320. The highest BCUT2D eigenvalue weighted by Gasteiger charge is 2.66. The summed E-state index contributed by atoms with van der Waals surface area (Å²) >= 11 is 0. The number of sulfonamides is 1. The normalized spacial score (nSPS) is 31.3. The molecule has 358 valence electrons. The first-order chi connectivity index (χ1) is 30.5. The second-order valence-electron chi connectivity index (χ2n) is 17.9. The molecule has 9 atom stereocenters. The number of hydrogen-bond acceptors (Lipinski definition) is 10. The number of rotatable bonds is 9. The third kappa shape index (κ3) is 9.40. The summed E-state index contributed by atoms with van der Waals surface area (Å²) in [5, 5.41) is 12.8. The highest BCUT2D eigenvalue weighted by Crippen LogP contribution is 2.49. The molecule has 2 aliphatic carbocycles. The number of aromatic nitrogens is 1. The number of hydrogen-bond donors (Lipinski definition) is 3. The van der Waals surface area contributed by atoms with E-state index in [9.17, 15) is 45.5 Å². The molecule has 2 saturated heterocycles. The highest BCUT2D eigenvalue weighted by atomic mass is 32.2.